The van der Waals surface area contributed by atoms with Crippen molar-refractivity contribution in [2.24, 2.45) is 5.73 Å². The summed E-state index contributed by atoms with van der Waals surface area (Å²) < 4.78 is 18.9. The number of thioether (sulfide) groups is 1. The van der Waals surface area contributed by atoms with Gasteiger partial charge in [0.05, 0.1) is 11.1 Å². The number of carboxylic acid groups (broad SMARTS) is 1. The number of fused-ring (bicyclic) bond motifs is 4. The number of aromatic carboxylic acids is 1. The van der Waals surface area contributed by atoms with E-state index in [-0.39, 0.29) is 71.2 Å². The summed E-state index contributed by atoms with van der Waals surface area (Å²) in [6, 6.07) is 29.6. The average Bonchev–Trinajstić information content (AvgIpc) is 2.01. The number of nitrogens with one attached hydrogen (secondary N) is 5. The van der Waals surface area contributed by atoms with Crippen LogP contribution in [0, 0.1) is 0 Å². The maximum Gasteiger partial charge on any atom is 0.336 e. The molecule has 9 rings (SSSR count). The number of carbonyl (C=O) groups excluding carboxylic acids is 5. The second kappa shape index (κ2) is 27.7. The molecule has 0 unspecified atom stereocenters. The maximum absolute atomic E-state index is 14.7. The van der Waals surface area contributed by atoms with E-state index in [0.29, 0.717) is 66.4 Å². The number of primary amides is 1. The standard InChI is InChI=1S/C61H62N7O13PS3/c62-56(72)47(27-35-16-17-36-10-3-4-11-37(36)26-35)66-58(74)50-13-7-9-25-68(50)59(75)49(33-84-34-82(78,79)80)67-57(73)48(28-38-32-85-53-14-6-5-12-42(38)53)65-54(71)15-2-1-8-24-63-61(83)64-39-18-21-43(46(29-39)60(76)77)55-44-22-19-40(69)30-51(44)81-52-31-41(70)20-23-45(52)55/h3-6,10-12,14,16-23,26,29-32,47-50,69H,1-2,7-9,13,15,24-25,27-28,33-34H2,(H2,62,72)(H,65,71)(H,66,74)(H,67,73)(H,76,77)(H2,63,64,83)(H2,78,79,80)/t47-,48-,49-,50-/m0/s1. The highest BCUT2D eigenvalue weighted by Crippen LogP contribution is 2.43. The third-order valence-electron chi connectivity index (χ3n) is 14.6. The topological polar surface area (TPSA) is 320 Å². The van der Waals surface area contributed by atoms with Crippen molar-refractivity contribution in [2.75, 3.05) is 29.7 Å². The van der Waals surface area contributed by atoms with Crippen LogP contribution < -0.4 is 37.7 Å². The lowest BCUT2D eigenvalue weighted by atomic mass is 9.90. The smallest absolute Gasteiger partial charge is 0.336 e. The Hall–Kier alpha value is -8.18. The monoisotopic (exact) mass is 1230 g/mol. The number of hydrogen-bond donors (Lipinski definition) is 10. The molecule has 85 heavy (non-hydrogen) atoms. The van der Waals surface area contributed by atoms with Crippen LogP contribution >= 0.6 is 42.9 Å². The van der Waals surface area contributed by atoms with Gasteiger partial charge in [-0.05, 0) is 125 Å². The highest BCUT2D eigenvalue weighted by atomic mass is 32.2. The molecule has 3 aliphatic rings. The maximum atomic E-state index is 14.7. The average molecular weight is 1230 g/mol. The predicted molar refractivity (Wildman–Crippen MR) is 333 cm³/mol. The number of likely N-dealkylation sites (tertiary alicyclic amines) is 1. The van der Waals surface area contributed by atoms with Crippen LogP contribution in [0.1, 0.15) is 66.4 Å². The molecule has 1 fully saturated rings. The molecule has 11 N–H and O–H groups in total. The van der Waals surface area contributed by atoms with Crippen molar-refractivity contribution in [3.8, 4) is 28.2 Å². The minimum absolute atomic E-state index is 0.0265. The van der Waals surface area contributed by atoms with Gasteiger partial charge in [-0.15, -0.1) is 23.1 Å². The fraction of sp³-hybridized carbons (Fsp3) is 0.279. The number of nitrogens with two attached hydrogens (primary N) is 1. The van der Waals surface area contributed by atoms with Crippen LogP contribution in [-0.4, -0.2) is 114 Å². The fourth-order valence-corrected chi connectivity index (χ4v) is 13.5. The Kier molecular flexibility index (Phi) is 20.0. The van der Waals surface area contributed by atoms with E-state index in [2.05, 4.69) is 26.6 Å². The van der Waals surface area contributed by atoms with Gasteiger partial charge in [-0.2, -0.15) is 0 Å². The highest BCUT2D eigenvalue weighted by molar-refractivity contribution is 8.04. The lowest BCUT2D eigenvalue weighted by molar-refractivity contribution is -0.145. The first-order valence-electron chi connectivity index (χ1n) is 27.5. The van der Waals surface area contributed by atoms with Gasteiger partial charge in [0.15, 0.2) is 10.5 Å². The van der Waals surface area contributed by atoms with E-state index in [1.807, 2.05) is 72.1 Å². The molecule has 5 aromatic carbocycles. The number of aromatic hydroxyl groups is 1. The van der Waals surface area contributed by atoms with Gasteiger partial charge < -0.3 is 61.6 Å². The number of amides is 5. The number of hydrogen-bond acceptors (Lipinski definition) is 13. The first-order chi connectivity index (χ1) is 40.8. The molecule has 0 radical (unpaired) electrons. The van der Waals surface area contributed by atoms with E-state index in [4.69, 9.17) is 22.4 Å². The molecule has 0 bridgehead atoms. The summed E-state index contributed by atoms with van der Waals surface area (Å²) in [6.45, 7) is 0.502. The first kappa shape index (κ1) is 61.4. The minimum atomic E-state index is -4.57. The van der Waals surface area contributed by atoms with Crippen LogP contribution in [0.5, 0.6) is 5.75 Å². The van der Waals surface area contributed by atoms with Crippen molar-refractivity contribution in [1.82, 2.24) is 26.2 Å². The van der Waals surface area contributed by atoms with Gasteiger partial charge >= 0.3 is 13.6 Å². The van der Waals surface area contributed by atoms with Crippen LogP contribution in [0.4, 0.5) is 5.69 Å². The second-order valence-electron chi connectivity index (χ2n) is 20.8. The molecule has 6 aromatic rings. The number of carbonyl (C=O) groups is 6. The largest absolute Gasteiger partial charge is 0.508 e. The summed E-state index contributed by atoms with van der Waals surface area (Å²) in [5.74, 6) is -4.60. The van der Waals surface area contributed by atoms with Gasteiger partial charge in [-0.3, -0.25) is 33.3 Å². The summed E-state index contributed by atoms with van der Waals surface area (Å²) in [7, 11) is -4.57. The number of piperidine rings is 1. The number of nitrogens with zero attached hydrogens (tertiary/aromatic N) is 1. The molecule has 5 amide bonds. The van der Waals surface area contributed by atoms with Gasteiger partial charge in [-0.25, -0.2) is 4.79 Å². The molecule has 24 heteroatoms. The van der Waals surface area contributed by atoms with Gasteiger partial charge in [-0.1, -0.05) is 73.2 Å². The van der Waals surface area contributed by atoms with Crippen LogP contribution in [0.2, 0.25) is 0 Å². The summed E-state index contributed by atoms with van der Waals surface area (Å²) in [6.07, 6.45) is 3.01. The Morgan fingerprint density at radius 2 is 1.58 bits per heavy atom. The van der Waals surface area contributed by atoms with Crippen LogP contribution in [0.3, 0.4) is 0 Å². The number of thiocarbonyl (C=S) groups is 1. The number of carboxylic acids is 1. The number of anilines is 1. The van der Waals surface area contributed by atoms with E-state index >= 15 is 0 Å². The predicted octanol–water partition coefficient (Wildman–Crippen LogP) is 7.86. The zero-order valence-electron chi connectivity index (χ0n) is 45.8. The number of thiophene rings is 1. The number of unbranched alkanes of at least 4 members (excludes halogenated alkanes) is 2. The Bertz CT molecular complexity index is 3930. The lowest BCUT2D eigenvalue weighted by Gasteiger charge is -2.37. The fourth-order valence-electron chi connectivity index (χ4n) is 10.5. The van der Waals surface area contributed by atoms with Gasteiger partial charge in [0.2, 0.25) is 29.5 Å². The summed E-state index contributed by atoms with van der Waals surface area (Å²) >= 11 is 7.77. The van der Waals surface area contributed by atoms with Crippen LogP contribution in [0.15, 0.2) is 136 Å². The summed E-state index contributed by atoms with van der Waals surface area (Å²) in [4.78, 5) is 116. The zero-order chi connectivity index (χ0) is 60.4. The number of phenols is 1. The van der Waals surface area contributed by atoms with E-state index in [9.17, 15) is 58.1 Å². The van der Waals surface area contributed by atoms with Gasteiger partial charge in [0.1, 0.15) is 41.3 Å². The van der Waals surface area contributed by atoms with Crippen LogP contribution in [0.25, 0.3) is 54.3 Å². The Labute approximate surface area is 501 Å². The molecule has 20 nitrogen and oxygen atoms in total. The van der Waals surface area contributed by atoms with Crippen molar-refractivity contribution in [3.63, 3.8) is 0 Å². The molecular weight excluding hydrogens is 1170 g/mol. The molecule has 1 saturated heterocycles. The quantitative estimate of drug-likeness (QED) is 0.0119. The highest BCUT2D eigenvalue weighted by Gasteiger charge is 2.39. The van der Waals surface area contributed by atoms with E-state index in [1.165, 1.54) is 46.6 Å². The van der Waals surface area contributed by atoms with Crippen molar-refractivity contribution >= 4 is 121 Å². The molecule has 442 valence electrons. The molecule has 0 spiro atoms. The Morgan fingerprint density at radius 1 is 0.800 bits per heavy atom. The third kappa shape index (κ3) is 15.8. The Morgan fingerprint density at radius 3 is 2.36 bits per heavy atom. The lowest BCUT2D eigenvalue weighted by Crippen LogP contribution is -2.61. The molecule has 1 aromatic heterocycles. The second-order valence-corrected chi connectivity index (χ2v) is 25.2. The normalized spacial score (nSPS) is 14.6. The minimum Gasteiger partial charge on any atom is -0.508 e. The van der Waals surface area contributed by atoms with Gasteiger partial charge in [0.25, 0.3) is 0 Å². The van der Waals surface area contributed by atoms with Gasteiger partial charge in [0, 0.05) is 77.1 Å². The number of rotatable bonds is 24. The van der Waals surface area contributed by atoms with Crippen molar-refractivity contribution in [3.05, 3.63) is 154 Å². The third-order valence-corrected chi connectivity index (χ3v) is 18.5. The number of benzene rings is 6. The molecule has 3 heterocycles. The zero-order valence-corrected chi connectivity index (χ0v) is 49.1. The molecular formula is C61H62N7O13PS3. The van der Waals surface area contributed by atoms with Crippen LogP contribution in [-0.2, 0) is 41.4 Å². The first-order valence-corrected chi connectivity index (χ1v) is 31.7. The molecule has 2 aliphatic heterocycles. The Balaban J connectivity index is 0.828. The summed E-state index contributed by atoms with van der Waals surface area (Å²) in [5.41, 5.74) is 8.29. The molecule has 4 atom stereocenters. The molecule has 0 saturated carbocycles. The number of phenolic OH excluding ortho intramolecular Hbond substituents is 1. The summed E-state index contributed by atoms with van der Waals surface area (Å²) in [5, 5.41) is 40.6. The van der Waals surface area contributed by atoms with E-state index < -0.39 is 72.8 Å². The SMILES string of the molecule is NC(=O)[C@H](Cc1ccc2ccccc2c1)NC(=O)[C@@H]1CCCCN1C(=O)[C@H](CSCP(=O)(O)O)NC(=O)[C@H](Cc1csc2ccccc12)NC(=O)CCCCCNC(=S)Nc1ccc(-c2c3ccc(=O)cc-3oc3cc(O)ccc23)c(C(=O)O)c1. The van der Waals surface area contributed by atoms with E-state index in [0.717, 1.165) is 43.7 Å². The van der Waals surface area contributed by atoms with Crippen molar-refractivity contribution in [2.45, 2.75) is 82.0 Å². The van der Waals surface area contributed by atoms with Crippen molar-refractivity contribution < 1.29 is 57.7 Å². The van der Waals surface area contributed by atoms with Crippen molar-refractivity contribution in [1.29, 1.82) is 0 Å². The van der Waals surface area contributed by atoms with E-state index in [1.54, 1.807) is 24.3 Å². The molecule has 1 aliphatic carbocycles.